The molecule has 0 aromatic rings. The fraction of sp³-hybridized carbons (Fsp3) is 0.698. The van der Waals surface area contributed by atoms with Gasteiger partial charge in [0.1, 0.15) is 11.9 Å². The predicted molar refractivity (Wildman–Crippen MR) is 197 cm³/mol. The van der Waals surface area contributed by atoms with Gasteiger partial charge in [-0.1, -0.05) is 42.7 Å². The Morgan fingerprint density at radius 3 is 2.25 bits per heavy atom. The molecule has 2 fully saturated rings. The molecule has 2 heterocycles. The molecule has 1 unspecified atom stereocenters. The lowest BCUT2D eigenvalue weighted by atomic mass is 9.53. The highest BCUT2D eigenvalue weighted by molar-refractivity contribution is 6.02. The van der Waals surface area contributed by atoms with Crippen LogP contribution in [0.5, 0.6) is 0 Å². The molecule has 5 rings (SSSR count). The van der Waals surface area contributed by atoms with Crippen molar-refractivity contribution in [3.05, 3.63) is 46.1 Å². The largest absolute Gasteiger partial charge is 0.469 e. The molecule has 286 valence electrons. The third-order valence-electron chi connectivity index (χ3n) is 12.8. The molecule has 52 heavy (non-hydrogen) atoms. The van der Waals surface area contributed by atoms with Crippen molar-refractivity contribution in [2.75, 3.05) is 7.11 Å². The zero-order chi connectivity index (χ0) is 38.3. The van der Waals surface area contributed by atoms with E-state index in [9.17, 15) is 24.0 Å². The number of ether oxygens (including phenoxy) is 4. The first-order valence-corrected chi connectivity index (χ1v) is 19.3. The third-order valence-corrected chi connectivity index (χ3v) is 12.8. The molecule has 0 N–H and O–H groups in total. The van der Waals surface area contributed by atoms with Gasteiger partial charge in [-0.25, -0.2) is 0 Å². The minimum Gasteiger partial charge on any atom is -0.469 e. The van der Waals surface area contributed by atoms with Gasteiger partial charge in [0, 0.05) is 43.9 Å². The molecule has 0 spiro atoms. The summed E-state index contributed by atoms with van der Waals surface area (Å²) in [5.41, 5.74) is 1.46. The minimum absolute atomic E-state index is 0.0120. The van der Waals surface area contributed by atoms with Crippen molar-refractivity contribution in [2.24, 2.45) is 29.1 Å². The summed E-state index contributed by atoms with van der Waals surface area (Å²) in [5.74, 6) is -4.36. The van der Waals surface area contributed by atoms with E-state index in [1.54, 1.807) is 13.0 Å². The number of carbonyl (C=O) groups is 5. The van der Waals surface area contributed by atoms with Gasteiger partial charge in [0.2, 0.25) is 0 Å². The van der Waals surface area contributed by atoms with Crippen molar-refractivity contribution < 1.29 is 42.9 Å². The molecule has 9 atom stereocenters. The fourth-order valence-electron chi connectivity index (χ4n) is 9.38. The number of Topliss-reactive ketones (excluding diaryl/α,β-unsaturated/α-hetero) is 2. The number of allylic oxidation sites excluding steroid dienone is 7. The van der Waals surface area contributed by atoms with Crippen LogP contribution in [-0.4, -0.2) is 65.9 Å². The topological polar surface area (TPSA) is 129 Å². The van der Waals surface area contributed by atoms with Gasteiger partial charge in [0.15, 0.2) is 11.6 Å². The van der Waals surface area contributed by atoms with Crippen LogP contribution in [0.15, 0.2) is 46.1 Å². The van der Waals surface area contributed by atoms with Gasteiger partial charge in [-0.2, -0.15) is 0 Å². The van der Waals surface area contributed by atoms with Crippen LogP contribution in [0, 0.1) is 29.1 Å². The van der Waals surface area contributed by atoms with Crippen LogP contribution in [-0.2, 0) is 42.9 Å². The van der Waals surface area contributed by atoms with E-state index in [-0.39, 0.29) is 60.3 Å². The lowest BCUT2D eigenvalue weighted by Crippen LogP contribution is -2.54. The van der Waals surface area contributed by atoms with Gasteiger partial charge < -0.3 is 18.9 Å². The number of esters is 2. The van der Waals surface area contributed by atoms with Crippen LogP contribution in [0.1, 0.15) is 127 Å². The number of methoxy groups -OCH3 is 1. The van der Waals surface area contributed by atoms with Crippen LogP contribution in [0.2, 0.25) is 0 Å². The Morgan fingerprint density at radius 1 is 0.923 bits per heavy atom. The van der Waals surface area contributed by atoms with Crippen molar-refractivity contribution in [1.82, 2.24) is 0 Å². The molecule has 2 aliphatic heterocycles. The zero-order valence-electron chi connectivity index (χ0n) is 33.0. The van der Waals surface area contributed by atoms with Crippen LogP contribution in [0.25, 0.3) is 0 Å². The van der Waals surface area contributed by atoms with Crippen LogP contribution >= 0.6 is 0 Å². The number of hydrogen-bond donors (Lipinski definition) is 0. The first kappa shape index (κ1) is 40.0. The summed E-state index contributed by atoms with van der Waals surface area (Å²) in [4.78, 5) is 70.7. The molecule has 3 aliphatic carbocycles. The Bertz CT molecular complexity index is 1610. The molecule has 0 bridgehead atoms. The number of hydrogen-bond acceptors (Lipinski definition) is 9. The quantitative estimate of drug-likeness (QED) is 0.164. The van der Waals surface area contributed by atoms with Crippen LogP contribution in [0.4, 0.5) is 0 Å². The van der Waals surface area contributed by atoms with E-state index in [0.717, 1.165) is 41.6 Å². The van der Waals surface area contributed by atoms with Crippen molar-refractivity contribution in [1.29, 1.82) is 0 Å². The van der Waals surface area contributed by atoms with Gasteiger partial charge in [-0.3, -0.25) is 24.0 Å². The second-order valence-corrected chi connectivity index (χ2v) is 17.2. The number of carbonyl (C=O) groups excluding carboxylic acids is 5. The summed E-state index contributed by atoms with van der Waals surface area (Å²) in [6.45, 7) is 17.0. The van der Waals surface area contributed by atoms with Crippen molar-refractivity contribution >= 4 is 29.3 Å². The van der Waals surface area contributed by atoms with E-state index in [4.69, 9.17) is 18.9 Å². The summed E-state index contributed by atoms with van der Waals surface area (Å²) in [6.07, 6.45) is 9.29. The smallest absolute Gasteiger partial charge is 0.313 e. The van der Waals surface area contributed by atoms with E-state index in [1.165, 1.54) is 14.0 Å². The monoisotopic (exact) mass is 720 g/mol. The number of rotatable bonds is 3. The molecule has 0 aromatic carbocycles. The average molecular weight is 721 g/mol. The molecule has 0 saturated carbocycles. The summed E-state index contributed by atoms with van der Waals surface area (Å²) < 4.78 is 24.4. The van der Waals surface area contributed by atoms with E-state index in [2.05, 4.69) is 6.92 Å². The van der Waals surface area contributed by atoms with Crippen molar-refractivity contribution in [3.8, 4) is 0 Å². The van der Waals surface area contributed by atoms with Gasteiger partial charge >= 0.3 is 11.9 Å². The van der Waals surface area contributed by atoms with Gasteiger partial charge in [0.05, 0.1) is 35.9 Å². The Hall–Kier alpha value is -3.17. The first-order chi connectivity index (χ1) is 24.3. The predicted octanol–water partition coefficient (Wildman–Crippen LogP) is 7.70. The van der Waals surface area contributed by atoms with E-state index < -0.39 is 46.8 Å². The van der Waals surface area contributed by atoms with E-state index >= 15 is 0 Å². The van der Waals surface area contributed by atoms with Crippen LogP contribution < -0.4 is 0 Å². The Balaban J connectivity index is 1.77. The summed E-state index contributed by atoms with van der Waals surface area (Å²) >= 11 is 0. The maximum atomic E-state index is 14.8. The molecule has 5 aliphatic rings. The molecule has 9 heteroatoms. The number of epoxide rings is 2. The van der Waals surface area contributed by atoms with E-state index in [0.29, 0.717) is 31.3 Å². The fourth-order valence-corrected chi connectivity index (χ4v) is 9.38. The molecular formula is C43H60O9. The number of fused-ring (bicyclic) bond motifs is 5. The standard InChI is InChI=1S/C43H60O9/c1-24(2)30-21-33(45)27(5)13-11-12-25(3)19-34(46)31-20-28(6)39-32(43(31,22-35(30)47)40(48)49-10)18-26(4)14-15-37-41(8,51-37)17-16-38-42(9,52-38)23-36(39)50-29(7)44/h13,18-19,24,30-32,36-38H,11-12,14-17,20-23H2,1-10H3/b25-19+,26-18+,27-13+/t30-,31+,32-,36?,37-,38-,41+,42-,43+/m1/s1. The van der Waals surface area contributed by atoms with Gasteiger partial charge in [0.25, 0.3) is 0 Å². The van der Waals surface area contributed by atoms with Gasteiger partial charge in [-0.05, 0) is 110 Å². The zero-order valence-corrected chi connectivity index (χ0v) is 33.0. The molecule has 9 nitrogen and oxygen atoms in total. The first-order valence-electron chi connectivity index (χ1n) is 19.3. The Labute approximate surface area is 310 Å². The molecule has 0 radical (unpaired) electrons. The minimum atomic E-state index is -1.67. The van der Waals surface area contributed by atoms with Gasteiger partial charge in [-0.15, -0.1) is 0 Å². The lowest BCUT2D eigenvalue weighted by molar-refractivity contribution is -0.166. The van der Waals surface area contributed by atoms with E-state index in [1.807, 2.05) is 53.7 Å². The highest BCUT2D eigenvalue weighted by Crippen LogP contribution is 2.57. The second kappa shape index (κ2) is 15.3. The molecule has 0 aromatic heterocycles. The Kier molecular flexibility index (Phi) is 11.8. The Morgan fingerprint density at radius 2 is 1.60 bits per heavy atom. The highest BCUT2D eigenvalue weighted by atomic mass is 16.6. The summed E-state index contributed by atoms with van der Waals surface area (Å²) in [6, 6.07) is 0. The summed E-state index contributed by atoms with van der Waals surface area (Å²) in [5, 5.41) is 0. The SMILES string of the molecule is COC(=O)[C@@]12CC(=O)[C@@H](C(C)C)CC(=O)/C(C)=C/CC/C(C)=C/C(=O)[C@@H]1CC(C)=C1C(OC(C)=O)C[C@@]3(C)O[C@@H]3CC[C@]3(C)O[C@@H]3CC/C(C)=C/[C@H]12. The van der Waals surface area contributed by atoms with Crippen molar-refractivity contribution in [3.63, 3.8) is 0 Å². The average Bonchev–Trinajstić information content (AvgIpc) is 3.93. The molecule has 2 saturated heterocycles. The van der Waals surface area contributed by atoms with Crippen molar-refractivity contribution in [2.45, 2.75) is 156 Å². The molecule has 0 amide bonds. The maximum absolute atomic E-state index is 14.8. The molecular weight excluding hydrogens is 660 g/mol. The second-order valence-electron chi connectivity index (χ2n) is 17.2. The lowest BCUT2D eigenvalue weighted by Gasteiger charge is -2.49. The summed E-state index contributed by atoms with van der Waals surface area (Å²) in [7, 11) is 1.30. The normalized spacial score (nSPS) is 40.8. The van der Waals surface area contributed by atoms with Crippen LogP contribution in [0.3, 0.4) is 0 Å². The maximum Gasteiger partial charge on any atom is 0.313 e. The third kappa shape index (κ3) is 8.15. The number of ketones is 3. The highest BCUT2D eigenvalue weighted by Gasteiger charge is 2.62.